The van der Waals surface area contributed by atoms with Crippen LogP contribution < -0.4 is 4.74 Å². The summed E-state index contributed by atoms with van der Waals surface area (Å²) in [6.07, 6.45) is 0.721. The van der Waals surface area contributed by atoms with Gasteiger partial charge in [-0.05, 0) is 11.6 Å². The molecule has 1 aromatic heterocycles. The largest absolute Gasteiger partial charge is 0.467 e. The van der Waals surface area contributed by atoms with Crippen molar-refractivity contribution in [2.75, 3.05) is 7.11 Å². The van der Waals surface area contributed by atoms with Gasteiger partial charge < -0.3 is 4.74 Å². The van der Waals surface area contributed by atoms with Crippen LogP contribution in [0.4, 0.5) is 0 Å². The summed E-state index contributed by atoms with van der Waals surface area (Å²) < 4.78 is 4.79. The molecule has 1 rings (SSSR count). The number of rotatable bonds is 2. The van der Waals surface area contributed by atoms with Crippen LogP contribution >= 0.6 is 11.6 Å². The Morgan fingerprint density at radius 1 is 1.36 bits per heavy atom. The summed E-state index contributed by atoms with van der Waals surface area (Å²) in [5.74, 6) is 0.641. The molecule has 0 atom stereocenters. The average molecular weight is 174 g/mol. The van der Waals surface area contributed by atoms with E-state index in [0.29, 0.717) is 5.82 Å². The third-order valence-electron chi connectivity index (χ3n) is 1.13. The normalized spacial score (nSPS) is 9.73. The van der Waals surface area contributed by atoms with Crippen LogP contribution in [0.1, 0.15) is 12.7 Å². The zero-order chi connectivity index (χ0) is 8.27. The van der Waals surface area contributed by atoms with E-state index in [-0.39, 0.29) is 11.3 Å². The van der Waals surface area contributed by atoms with E-state index in [1.54, 1.807) is 0 Å². The molecule has 4 nitrogen and oxygen atoms in total. The number of aromatic nitrogens is 3. The first kappa shape index (κ1) is 8.20. The summed E-state index contributed by atoms with van der Waals surface area (Å²) in [6, 6.07) is 0.266. The van der Waals surface area contributed by atoms with Gasteiger partial charge in [0.1, 0.15) is 5.82 Å². The van der Waals surface area contributed by atoms with Crippen molar-refractivity contribution in [3.05, 3.63) is 11.1 Å². The van der Waals surface area contributed by atoms with Crippen molar-refractivity contribution in [1.29, 1.82) is 0 Å². The summed E-state index contributed by atoms with van der Waals surface area (Å²) in [4.78, 5) is 11.5. The molecule has 0 bridgehead atoms. The van der Waals surface area contributed by atoms with E-state index in [2.05, 4.69) is 15.0 Å². The molecule has 0 aromatic carbocycles. The molecular weight excluding hydrogens is 166 g/mol. The highest BCUT2D eigenvalue weighted by molar-refractivity contribution is 6.28. The fraction of sp³-hybridized carbons (Fsp3) is 0.500. The molecular formula is C6H8ClN3O. The van der Waals surface area contributed by atoms with Crippen LogP contribution in [0.15, 0.2) is 0 Å². The molecule has 0 aliphatic rings. The highest BCUT2D eigenvalue weighted by Gasteiger charge is 2.01. The van der Waals surface area contributed by atoms with E-state index in [0.717, 1.165) is 6.42 Å². The Bertz CT molecular complexity index is 231. The van der Waals surface area contributed by atoms with Crippen molar-refractivity contribution in [3.8, 4) is 6.01 Å². The first-order valence-corrected chi connectivity index (χ1v) is 3.58. The molecule has 11 heavy (non-hydrogen) atoms. The second-order valence-electron chi connectivity index (χ2n) is 1.86. The fourth-order valence-corrected chi connectivity index (χ4v) is 0.790. The van der Waals surface area contributed by atoms with Gasteiger partial charge >= 0.3 is 6.01 Å². The minimum atomic E-state index is 0.175. The highest BCUT2D eigenvalue weighted by Crippen LogP contribution is 2.07. The number of ether oxygens (including phenoxy) is 1. The molecule has 0 aliphatic carbocycles. The van der Waals surface area contributed by atoms with Crippen LogP contribution in [0.3, 0.4) is 0 Å². The quantitative estimate of drug-likeness (QED) is 0.672. The first-order chi connectivity index (χ1) is 5.26. The van der Waals surface area contributed by atoms with E-state index in [4.69, 9.17) is 16.3 Å². The van der Waals surface area contributed by atoms with E-state index in [1.807, 2.05) is 6.92 Å². The standard InChI is InChI=1S/C6H8ClN3O/c1-3-4-8-5(7)10-6(9-4)11-2/h3H2,1-2H3. The predicted molar refractivity (Wildman–Crippen MR) is 40.8 cm³/mol. The second-order valence-corrected chi connectivity index (χ2v) is 2.20. The predicted octanol–water partition coefficient (Wildman–Crippen LogP) is 1.10. The molecule has 0 spiro atoms. The van der Waals surface area contributed by atoms with Gasteiger partial charge in [0.05, 0.1) is 7.11 Å². The van der Waals surface area contributed by atoms with Crippen LogP contribution in [-0.2, 0) is 6.42 Å². The third-order valence-corrected chi connectivity index (χ3v) is 1.30. The van der Waals surface area contributed by atoms with E-state index in [9.17, 15) is 0 Å². The first-order valence-electron chi connectivity index (χ1n) is 3.20. The lowest BCUT2D eigenvalue weighted by molar-refractivity contribution is 0.376. The molecule has 0 N–H and O–H groups in total. The Hall–Kier alpha value is -0.900. The van der Waals surface area contributed by atoms with Crippen LogP contribution in [0.5, 0.6) is 6.01 Å². The van der Waals surface area contributed by atoms with Crippen LogP contribution in [0.2, 0.25) is 5.28 Å². The fourth-order valence-electron chi connectivity index (χ4n) is 0.620. The summed E-state index contributed by atoms with van der Waals surface area (Å²) in [5, 5.41) is 0.175. The molecule has 0 amide bonds. The molecule has 0 aliphatic heterocycles. The summed E-state index contributed by atoms with van der Waals surface area (Å²) in [7, 11) is 1.49. The SMILES string of the molecule is CCc1nc(Cl)nc(OC)n1. The smallest absolute Gasteiger partial charge is 0.320 e. The van der Waals surface area contributed by atoms with E-state index >= 15 is 0 Å². The Balaban J connectivity index is 3.02. The molecule has 1 aromatic rings. The average Bonchev–Trinajstić information content (AvgIpc) is 2.03. The Kier molecular flexibility index (Phi) is 2.59. The topological polar surface area (TPSA) is 47.9 Å². The van der Waals surface area contributed by atoms with Gasteiger partial charge in [-0.3, -0.25) is 0 Å². The lowest BCUT2D eigenvalue weighted by Crippen LogP contribution is -1.99. The molecule has 0 unspecified atom stereocenters. The van der Waals surface area contributed by atoms with Crippen molar-refractivity contribution >= 4 is 11.6 Å². The maximum absolute atomic E-state index is 5.57. The Morgan fingerprint density at radius 2 is 2.09 bits per heavy atom. The van der Waals surface area contributed by atoms with Crippen molar-refractivity contribution in [1.82, 2.24) is 15.0 Å². The van der Waals surface area contributed by atoms with Crippen molar-refractivity contribution < 1.29 is 4.74 Å². The summed E-state index contributed by atoms with van der Waals surface area (Å²) >= 11 is 5.57. The molecule has 0 radical (unpaired) electrons. The summed E-state index contributed by atoms with van der Waals surface area (Å²) in [6.45, 7) is 1.94. The van der Waals surface area contributed by atoms with Crippen LogP contribution in [0.25, 0.3) is 0 Å². The maximum Gasteiger partial charge on any atom is 0.320 e. The number of aryl methyl sites for hydroxylation is 1. The minimum absolute atomic E-state index is 0.175. The zero-order valence-electron chi connectivity index (χ0n) is 6.33. The Labute approximate surface area is 69.6 Å². The lowest BCUT2D eigenvalue weighted by atomic mass is 10.5. The van der Waals surface area contributed by atoms with Crippen molar-refractivity contribution in [2.24, 2.45) is 0 Å². The molecule has 0 fully saturated rings. The van der Waals surface area contributed by atoms with Gasteiger partial charge in [0, 0.05) is 6.42 Å². The number of nitrogens with zero attached hydrogens (tertiary/aromatic N) is 3. The third kappa shape index (κ3) is 2.01. The monoisotopic (exact) mass is 173 g/mol. The van der Waals surface area contributed by atoms with Gasteiger partial charge in [0.25, 0.3) is 0 Å². The van der Waals surface area contributed by atoms with Crippen molar-refractivity contribution in [2.45, 2.75) is 13.3 Å². The molecule has 0 saturated heterocycles. The van der Waals surface area contributed by atoms with Gasteiger partial charge in [-0.2, -0.15) is 9.97 Å². The van der Waals surface area contributed by atoms with Gasteiger partial charge in [0.2, 0.25) is 5.28 Å². The molecule has 1 heterocycles. The number of methoxy groups -OCH3 is 1. The zero-order valence-corrected chi connectivity index (χ0v) is 7.09. The molecule has 60 valence electrons. The van der Waals surface area contributed by atoms with E-state index in [1.165, 1.54) is 7.11 Å². The molecule has 5 heteroatoms. The number of hydrogen-bond donors (Lipinski definition) is 0. The lowest BCUT2D eigenvalue weighted by Gasteiger charge is -1.99. The second kappa shape index (κ2) is 3.48. The van der Waals surface area contributed by atoms with Crippen molar-refractivity contribution in [3.63, 3.8) is 0 Å². The van der Waals surface area contributed by atoms with Gasteiger partial charge in [-0.25, -0.2) is 4.98 Å². The number of halogens is 1. The van der Waals surface area contributed by atoms with E-state index < -0.39 is 0 Å². The van der Waals surface area contributed by atoms with Gasteiger partial charge in [-0.15, -0.1) is 0 Å². The minimum Gasteiger partial charge on any atom is -0.467 e. The van der Waals surface area contributed by atoms with Crippen LogP contribution in [-0.4, -0.2) is 22.1 Å². The highest BCUT2D eigenvalue weighted by atomic mass is 35.5. The van der Waals surface area contributed by atoms with Gasteiger partial charge in [0.15, 0.2) is 0 Å². The number of hydrogen-bond acceptors (Lipinski definition) is 4. The van der Waals surface area contributed by atoms with Gasteiger partial charge in [-0.1, -0.05) is 6.92 Å². The Morgan fingerprint density at radius 3 is 2.64 bits per heavy atom. The molecule has 0 saturated carbocycles. The maximum atomic E-state index is 5.57. The van der Waals surface area contributed by atoms with Crippen LogP contribution in [0, 0.1) is 0 Å². The summed E-state index contributed by atoms with van der Waals surface area (Å²) in [5.41, 5.74) is 0.